The third-order valence-electron chi connectivity index (χ3n) is 4.78. The zero-order valence-corrected chi connectivity index (χ0v) is 13.7. The number of hydrogen-bond donors (Lipinski definition) is 2. The molecule has 1 aliphatic heterocycles. The van der Waals surface area contributed by atoms with Crippen molar-refractivity contribution in [2.75, 3.05) is 26.2 Å². The van der Waals surface area contributed by atoms with Crippen LogP contribution in [-0.4, -0.2) is 36.2 Å². The molecule has 3 heteroatoms. The number of rotatable bonds is 3. The fraction of sp³-hybridized carbons (Fsp3) is 0.238. The highest BCUT2D eigenvalue weighted by Crippen LogP contribution is 2.32. The first kappa shape index (κ1) is 15.2. The van der Waals surface area contributed by atoms with Crippen molar-refractivity contribution < 1.29 is 5.11 Å². The maximum Gasteiger partial charge on any atom is 0.116 e. The van der Waals surface area contributed by atoms with E-state index < -0.39 is 0 Å². The first-order chi connectivity index (χ1) is 11.8. The number of piperazine rings is 1. The maximum atomic E-state index is 9.80. The van der Waals surface area contributed by atoms with Crippen molar-refractivity contribution in [3.05, 3.63) is 66.2 Å². The normalized spacial score (nSPS) is 15.7. The third-order valence-corrected chi connectivity index (χ3v) is 4.78. The summed E-state index contributed by atoms with van der Waals surface area (Å²) >= 11 is 0. The highest BCUT2D eigenvalue weighted by Gasteiger charge is 2.13. The lowest BCUT2D eigenvalue weighted by molar-refractivity contribution is 0.234. The molecule has 1 heterocycles. The van der Waals surface area contributed by atoms with Gasteiger partial charge in [0.25, 0.3) is 0 Å². The topological polar surface area (TPSA) is 35.5 Å². The summed E-state index contributed by atoms with van der Waals surface area (Å²) in [6.45, 7) is 5.33. The summed E-state index contributed by atoms with van der Waals surface area (Å²) in [5.74, 6) is 0.307. The number of nitrogens with one attached hydrogen (secondary N) is 1. The molecular formula is C21H22N2O. The predicted molar refractivity (Wildman–Crippen MR) is 99.2 cm³/mol. The highest BCUT2D eigenvalue weighted by atomic mass is 16.3. The van der Waals surface area contributed by atoms with Gasteiger partial charge in [0, 0.05) is 32.7 Å². The molecule has 1 aliphatic rings. The molecule has 0 aromatic heterocycles. The molecule has 0 spiro atoms. The summed E-state index contributed by atoms with van der Waals surface area (Å²) in [4.78, 5) is 2.51. The van der Waals surface area contributed by atoms with E-state index in [1.807, 2.05) is 12.1 Å². The molecule has 0 atom stereocenters. The van der Waals surface area contributed by atoms with E-state index in [1.165, 1.54) is 21.9 Å². The molecule has 3 nitrogen and oxygen atoms in total. The summed E-state index contributed by atoms with van der Waals surface area (Å²) in [7, 11) is 0. The van der Waals surface area contributed by atoms with E-state index in [1.54, 1.807) is 6.07 Å². The van der Waals surface area contributed by atoms with Crippen LogP contribution in [0.3, 0.4) is 0 Å². The van der Waals surface area contributed by atoms with Gasteiger partial charge in [0.1, 0.15) is 5.75 Å². The predicted octanol–water partition coefficient (Wildman–Crippen LogP) is 3.62. The van der Waals surface area contributed by atoms with E-state index in [0.717, 1.165) is 38.3 Å². The van der Waals surface area contributed by atoms with Gasteiger partial charge in [0.15, 0.2) is 0 Å². The zero-order chi connectivity index (χ0) is 16.4. The fourth-order valence-corrected chi connectivity index (χ4v) is 3.53. The average Bonchev–Trinajstić information content (AvgIpc) is 2.63. The molecule has 122 valence electrons. The second-order valence-corrected chi connectivity index (χ2v) is 6.39. The molecule has 24 heavy (non-hydrogen) atoms. The van der Waals surface area contributed by atoms with E-state index in [-0.39, 0.29) is 0 Å². The Hall–Kier alpha value is -2.36. The van der Waals surface area contributed by atoms with Gasteiger partial charge in [-0.05, 0) is 39.6 Å². The molecule has 0 saturated carbocycles. The number of aromatic hydroxyl groups is 1. The van der Waals surface area contributed by atoms with Crippen molar-refractivity contribution in [3.8, 4) is 16.9 Å². The van der Waals surface area contributed by atoms with Crippen molar-refractivity contribution in [2.45, 2.75) is 6.54 Å². The fourth-order valence-electron chi connectivity index (χ4n) is 3.53. The number of benzene rings is 3. The number of nitrogens with zero attached hydrogens (tertiary/aromatic N) is 1. The first-order valence-corrected chi connectivity index (χ1v) is 8.54. The Morgan fingerprint density at radius 1 is 0.875 bits per heavy atom. The standard InChI is InChI=1S/C21H22N2O/c24-18-5-3-4-16(14-18)20-9-8-17(15-23-12-10-22-11-13-23)19-6-1-2-7-21(19)20/h1-9,14,22,24H,10-13,15H2. The van der Waals surface area contributed by atoms with E-state index in [9.17, 15) is 5.11 Å². The summed E-state index contributed by atoms with van der Waals surface area (Å²) in [6.07, 6.45) is 0. The molecule has 0 unspecified atom stereocenters. The Bertz CT molecular complexity index is 853. The number of phenolic OH excluding ortho intramolecular Hbond substituents is 1. The number of fused-ring (bicyclic) bond motifs is 1. The molecule has 0 radical (unpaired) electrons. The van der Waals surface area contributed by atoms with E-state index >= 15 is 0 Å². The molecule has 3 aromatic carbocycles. The van der Waals surface area contributed by atoms with Crippen LogP contribution >= 0.6 is 0 Å². The molecule has 1 fully saturated rings. The van der Waals surface area contributed by atoms with Crippen LogP contribution in [0.4, 0.5) is 0 Å². The van der Waals surface area contributed by atoms with E-state index in [4.69, 9.17) is 0 Å². The van der Waals surface area contributed by atoms with Crippen LogP contribution in [0, 0.1) is 0 Å². The minimum absolute atomic E-state index is 0.307. The van der Waals surface area contributed by atoms with E-state index in [2.05, 4.69) is 52.7 Å². The van der Waals surface area contributed by atoms with Gasteiger partial charge in [-0.25, -0.2) is 0 Å². The van der Waals surface area contributed by atoms with Crippen LogP contribution in [0.2, 0.25) is 0 Å². The summed E-state index contributed by atoms with van der Waals surface area (Å²) in [5, 5.41) is 15.8. The Kier molecular flexibility index (Phi) is 4.20. The minimum atomic E-state index is 0.307. The molecule has 1 saturated heterocycles. The molecule has 3 aromatic rings. The summed E-state index contributed by atoms with van der Waals surface area (Å²) in [6, 6.07) is 20.5. The van der Waals surface area contributed by atoms with Crippen molar-refractivity contribution >= 4 is 10.8 Å². The van der Waals surface area contributed by atoms with Gasteiger partial charge >= 0.3 is 0 Å². The van der Waals surface area contributed by atoms with Gasteiger partial charge < -0.3 is 10.4 Å². The molecule has 0 aliphatic carbocycles. The molecule has 0 amide bonds. The summed E-state index contributed by atoms with van der Waals surface area (Å²) < 4.78 is 0. The second-order valence-electron chi connectivity index (χ2n) is 6.39. The highest BCUT2D eigenvalue weighted by molar-refractivity contribution is 5.98. The van der Waals surface area contributed by atoms with Crippen LogP contribution in [0.15, 0.2) is 60.7 Å². The smallest absolute Gasteiger partial charge is 0.116 e. The minimum Gasteiger partial charge on any atom is -0.508 e. The monoisotopic (exact) mass is 318 g/mol. The van der Waals surface area contributed by atoms with Crippen molar-refractivity contribution in [2.24, 2.45) is 0 Å². The van der Waals surface area contributed by atoms with Crippen LogP contribution < -0.4 is 5.32 Å². The molecule has 4 rings (SSSR count). The molecule has 0 bridgehead atoms. The molecular weight excluding hydrogens is 296 g/mol. The zero-order valence-electron chi connectivity index (χ0n) is 13.7. The van der Waals surface area contributed by atoms with Crippen molar-refractivity contribution in [1.29, 1.82) is 0 Å². The Morgan fingerprint density at radius 3 is 2.46 bits per heavy atom. The lowest BCUT2D eigenvalue weighted by Gasteiger charge is -2.27. The second kappa shape index (κ2) is 6.63. The Balaban J connectivity index is 1.77. The Morgan fingerprint density at radius 2 is 1.67 bits per heavy atom. The lowest BCUT2D eigenvalue weighted by atomic mass is 9.94. The van der Waals surface area contributed by atoms with Gasteiger partial charge in [-0.2, -0.15) is 0 Å². The van der Waals surface area contributed by atoms with Gasteiger partial charge in [-0.15, -0.1) is 0 Å². The van der Waals surface area contributed by atoms with Crippen LogP contribution in [0.5, 0.6) is 5.75 Å². The largest absolute Gasteiger partial charge is 0.508 e. The molecule has 2 N–H and O–H groups in total. The van der Waals surface area contributed by atoms with Gasteiger partial charge in [-0.3, -0.25) is 4.90 Å². The van der Waals surface area contributed by atoms with Gasteiger partial charge in [0.2, 0.25) is 0 Å². The third kappa shape index (κ3) is 3.01. The maximum absolute atomic E-state index is 9.80. The van der Waals surface area contributed by atoms with Crippen LogP contribution in [0.25, 0.3) is 21.9 Å². The quantitative estimate of drug-likeness (QED) is 0.774. The van der Waals surface area contributed by atoms with Gasteiger partial charge in [0.05, 0.1) is 0 Å². The summed E-state index contributed by atoms with van der Waals surface area (Å²) in [5.41, 5.74) is 3.60. The average molecular weight is 318 g/mol. The lowest BCUT2D eigenvalue weighted by Crippen LogP contribution is -2.42. The van der Waals surface area contributed by atoms with Gasteiger partial charge in [-0.1, -0.05) is 48.5 Å². The van der Waals surface area contributed by atoms with Crippen LogP contribution in [0.1, 0.15) is 5.56 Å². The first-order valence-electron chi connectivity index (χ1n) is 8.54. The SMILES string of the molecule is Oc1cccc(-c2ccc(CN3CCNCC3)c3ccccc23)c1. The van der Waals surface area contributed by atoms with Crippen molar-refractivity contribution in [3.63, 3.8) is 0 Å². The number of phenols is 1. The van der Waals surface area contributed by atoms with E-state index in [0.29, 0.717) is 5.75 Å². The number of hydrogen-bond acceptors (Lipinski definition) is 3. The van der Waals surface area contributed by atoms with Crippen molar-refractivity contribution in [1.82, 2.24) is 10.2 Å². The Labute approximate surface area is 142 Å². The van der Waals surface area contributed by atoms with Crippen LogP contribution in [-0.2, 0) is 6.54 Å².